The molecule has 0 fully saturated rings. The molecule has 39 heavy (non-hydrogen) atoms. The van der Waals surface area contributed by atoms with Crippen molar-refractivity contribution in [1.29, 1.82) is 0 Å². The molecule has 0 aromatic heterocycles. The van der Waals surface area contributed by atoms with Crippen molar-refractivity contribution in [1.82, 2.24) is 0 Å². The molecule has 200 valence electrons. The van der Waals surface area contributed by atoms with E-state index in [-0.39, 0.29) is 0 Å². The molecule has 0 aliphatic carbocycles. The monoisotopic (exact) mass is 742 g/mol. The van der Waals surface area contributed by atoms with Crippen molar-refractivity contribution in [2.45, 2.75) is 10.5 Å². The van der Waals surface area contributed by atoms with Gasteiger partial charge in [0.1, 0.15) is 10.5 Å². The molecule has 2 nitrogen and oxygen atoms in total. The van der Waals surface area contributed by atoms with E-state index >= 15 is 0 Å². The Labute approximate surface area is 265 Å². The predicted molar refractivity (Wildman–Crippen MR) is 174 cm³/mol. The first-order chi connectivity index (χ1) is 18.6. The lowest BCUT2D eigenvalue weighted by Gasteiger charge is -2.22. The molecule has 4 aromatic carbocycles. The molecule has 2 atom stereocenters. The van der Waals surface area contributed by atoms with Crippen LogP contribution in [0.15, 0.2) is 106 Å². The maximum atomic E-state index is 14.5. The van der Waals surface area contributed by atoms with Gasteiger partial charge in [0.15, 0.2) is 9.84 Å². The fourth-order valence-corrected chi connectivity index (χ4v) is 7.22. The molecule has 9 heteroatoms. The van der Waals surface area contributed by atoms with Gasteiger partial charge in [-0.25, -0.2) is 8.42 Å². The smallest absolute Gasteiger partial charge is 0.171 e. The minimum atomic E-state index is -3.94. The summed E-state index contributed by atoms with van der Waals surface area (Å²) in [4.78, 5) is 0. The Kier molecular flexibility index (Phi) is 10.4. The molecule has 4 aromatic rings. The number of hydrogen-bond acceptors (Lipinski definition) is 2. The van der Waals surface area contributed by atoms with E-state index in [1.54, 1.807) is 85.0 Å². The van der Waals surface area contributed by atoms with Crippen LogP contribution >= 0.6 is 78.3 Å². The average Bonchev–Trinajstić information content (AvgIpc) is 2.91. The summed E-state index contributed by atoms with van der Waals surface area (Å²) in [5.41, 5.74) is 2.43. The lowest BCUT2D eigenvalue weighted by atomic mass is 10.1. The zero-order valence-electron chi connectivity index (χ0n) is 20.0. The number of benzene rings is 4. The van der Waals surface area contributed by atoms with Crippen molar-refractivity contribution in [3.8, 4) is 0 Å². The Bertz CT molecular complexity index is 1520. The number of hydrogen-bond donors (Lipinski definition) is 0. The second-order valence-corrected chi connectivity index (χ2v) is 14.1. The van der Waals surface area contributed by atoms with Crippen LogP contribution < -0.4 is 0 Å². The van der Waals surface area contributed by atoms with Crippen LogP contribution in [0.1, 0.15) is 32.8 Å². The Hall–Kier alpha value is -1.57. The fraction of sp³-hybridized carbons (Fsp3) is 0.0667. The molecular formula is C30H20Br2Cl4O2S. The van der Waals surface area contributed by atoms with Crippen LogP contribution in [0.3, 0.4) is 0 Å². The Morgan fingerprint density at radius 2 is 0.923 bits per heavy atom. The van der Waals surface area contributed by atoms with E-state index in [1.165, 1.54) is 0 Å². The fourth-order valence-electron chi connectivity index (χ4n) is 3.96. The number of sulfone groups is 1. The third-order valence-electron chi connectivity index (χ3n) is 5.97. The van der Waals surface area contributed by atoms with Gasteiger partial charge in [-0.05, 0) is 58.7 Å². The van der Waals surface area contributed by atoms with Crippen LogP contribution in [-0.4, -0.2) is 8.42 Å². The number of halogens is 6. The third kappa shape index (κ3) is 7.39. The summed E-state index contributed by atoms with van der Waals surface area (Å²) in [6, 6.07) is 24.8. The highest BCUT2D eigenvalue weighted by atomic mass is 79.9. The number of rotatable bonds is 8. The third-order valence-corrected chi connectivity index (χ3v) is 11.0. The summed E-state index contributed by atoms with van der Waals surface area (Å²) in [6.45, 7) is 0. The maximum absolute atomic E-state index is 14.5. The quantitative estimate of drug-likeness (QED) is 0.180. The molecule has 2 unspecified atom stereocenters. The van der Waals surface area contributed by atoms with Crippen molar-refractivity contribution >= 4 is 100 Å². The van der Waals surface area contributed by atoms with E-state index in [0.29, 0.717) is 42.3 Å². The summed E-state index contributed by atoms with van der Waals surface area (Å²) in [6.07, 6.45) is 6.66. The van der Waals surface area contributed by atoms with Crippen molar-refractivity contribution in [2.75, 3.05) is 0 Å². The SMILES string of the molecule is O=S(=O)(C(C=Cc1cccc(Cl)c1Cl)c1ccc(Br)cc1)C(C=Cc1cccc(Cl)c1Cl)c1ccc(Br)cc1. The van der Waals surface area contributed by atoms with Gasteiger partial charge in [-0.15, -0.1) is 0 Å². The van der Waals surface area contributed by atoms with Gasteiger partial charge in [0.2, 0.25) is 0 Å². The molecule has 0 N–H and O–H groups in total. The first-order valence-electron chi connectivity index (χ1n) is 11.6. The van der Waals surface area contributed by atoms with Crippen molar-refractivity contribution in [3.05, 3.63) is 148 Å². The van der Waals surface area contributed by atoms with Crippen LogP contribution in [0.2, 0.25) is 20.1 Å². The van der Waals surface area contributed by atoms with Crippen molar-refractivity contribution in [2.24, 2.45) is 0 Å². The Morgan fingerprint density at radius 3 is 1.28 bits per heavy atom. The largest absolute Gasteiger partial charge is 0.227 e. The lowest BCUT2D eigenvalue weighted by molar-refractivity contribution is 0.584. The molecule has 0 amide bonds. The molecule has 0 aliphatic rings. The Balaban J connectivity index is 1.87. The Morgan fingerprint density at radius 1 is 0.564 bits per heavy atom. The molecule has 0 saturated heterocycles. The molecule has 0 spiro atoms. The highest BCUT2D eigenvalue weighted by molar-refractivity contribution is 9.10. The molecule has 0 bridgehead atoms. The van der Waals surface area contributed by atoms with E-state index < -0.39 is 20.3 Å². The molecule has 0 aliphatic heterocycles. The van der Waals surface area contributed by atoms with E-state index in [0.717, 1.165) is 8.95 Å². The molecule has 0 saturated carbocycles. The summed E-state index contributed by atoms with van der Waals surface area (Å²) >= 11 is 32.1. The first-order valence-corrected chi connectivity index (χ1v) is 16.3. The van der Waals surface area contributed by atoms with Crippen molar-refractivity contribution in [3.63, 3.8) is 0 Å². The zero-order valence-corrected chi connectivity index (χ0v) is 27.1. The van der Waals surface area contributed by atoms with Gasteiger partial charge in [-0.1, -0.05) is 151 Å². The lowest BCUT2D eigenvalue weighted by Crippen LogP contribution is -2.19. The molecule has 0 radical (unpaired) electrons. The van der Waals surface area contributed by atoms with Gasteiger partial charge in [0.25, 0.3) is 0 Å². The minimum Gasteiger partial charge on any atom is -0.227 e. The summed E-state index contributed by atoms with van der Waals surface area (Å²) in [7, 11) is -3.94. The van der Waals surface area contributed by atoms with Crippen molar-refractivity contribution < 1.29 is 8.42 Å². The maximum Gasteiger partial charge on any atom is 0.171 e. The highest BCUT2D eigenvalue weighted by Crippen LogP contribution is 2.39. The normalized spacial score (nSPS) is 13.7. The molecule has 4 rings (SSSR count). The summed E-state index contributed by atoms with van der Waals surface area (Å²) in [5.74, 6) is 0. The van der Waals surface area contributed by atoms with Crippen LogP contribution in [0.25, 0.3) is 12.2 Å². The van der Waals surface area contributed by atoms with Crippen LogP contribution in [0.5, 0.6) is 0 Å². The van der Waals surface area contributed by atoms with Crippen LogP contribution in [-0.2, 0) is 9.84 Å². The standard InChI is InChI=1S/C30H20Br2Cl4O2S/c31-23-13-7-19(8-14-23)27(17-11-21-3-1-5-25(33)29(21)35)39(37,38)28(20-9-15-24(32)16-10-20)18-12-22-4-2-6-26(34)30(22)36/h1-18,27-28H. The van der Waals surface area contributed by atoms with Crippen LogP contribution in [0, 0.1) is 0 Å². The molecule has 0 heterocycles. The first kappa shape index (κ1) is 30.4. The van der Waals surface area contributed by atoms with Gasteiger partial charge in [0.05, 0.1) is 20.1 Å². The summed E-state index contributed by atoms with van der Waals surface area (Å²) < 4.78 is 30.7. The van der Waals surface area contributed by atoms with E-state index in [9.17, 15) is 8.42 Å². The van der Waals surface area contributed by atoms with Gasteiger partial charge in [-0.3, -0.25) is 0 Å². The second-order valence-electron chi connectivity index (χ2n) is 8.54. The van der Waals surface area contributed by atoms with Gasteiger partial charge < -0.3 is 0 Å². The zero-order chi connectivity index (χ0) is 28.2. The second kappa shape index (κ2) is 13.4. The van der Waals surface area contributed by atoms with E-state index in [4.69, 9.17) is 46.4 Å². The van der Waals surface area contributed by atoms with E-state index in [2.05, 4.69) is 31.9 Å². The highest BCUT2D eigenvalue weighted by Gasteiger charge is 2.33. The van der Waals surface area contributed by atoms with Crippen LogP contribution in [0.4, 0.5) is 0 Å². The van der Waals surface area contributed by atoms with Gasteiger partial charge in [0, 0.05) is 8.95 Å². The van der Waals surface area contributed by atoms with Gasteiger partial charge >= 0.3 is 0 Å². The average molecular weight is 746 g/mol. The minimum absolute atomic E-state index is 0.349. The summed E-state index contributed by atoms with van der Waals surface area (Å²) in [5, 5.41) is -0.543. The van der Waals surface area contributed by atoms with E-state index in [1.807, 2.05) is 24.3 Å². The van der Waals surface area contributed by atoms with Gasteiger partial charge in [-0.2, -0.15) is 0 Å². The predicted octanol–water partition coefficient (Wildman–Crippen LogP) is 11.4. The topological polar surface area (TPSA) is 34.1 Å². The molecular weight excluding hydrogens is 726 g/mol.